The monoisotopic (exact) mass is 369 g/mol. The van der Waals surface area contributed by atoms with Gasteiger partial charge >= 0.3 is 0 Å². The topological polar surface area (TPSA) is 45.2 Å². The summed E-state index contributed by atoms with van der Waals surface area (Å²) in [6.45, 7) is 5.84. The summed E-state index contributed by atoms with van der Waals surface area (Å²) in [6, 6.07) is 3.81. The van der Waals surface area contributed by atoms with Gasteiger partial charge < -0.3 is 10.2 Å². The Bertz CT molecular complexity index is 662. The van der Waals surface area contributed by atoms with Crippen molar-refractivity contribution < 1.29 is 4.79 Å². The molecule has 0 aromatic carbocycles. The van der Waals surface area contributed by atoms with Crippen LogP contribution >= 0.6 is 34.3 Å². The standard InChI is InChI=1S/C16H20ClN3OS2/c1-2-18-9-11-5-7-20(8-6-11)16(21)12-10-22-15(19-12)13-3-4-14(17)23-13/h3-4,10-11,18H,2,5-9H2,1H3. The summed E-state index contributed by atoms with van der Waals surface area (Å²) in [6.07, 6.45) is 2.13. The van der Waals surface area contributed by atoms with E-state index in [4.69, 9.17) is 11.6 Å². The maximum atomic E-state index is 12.6. The highest BCUT2D eigenvalue weighted by atomic mass is 35.5. The molecule has 1 aliphatic rings. The molecule has 0 aliphatic carbocycles. The molecule has 4 nitrogen and oxygen atoms in total. The molecule has 0 radical (unpaired) electrons. The number of hydrogen-bond acceptors (Lipinski definition) is 5. The lowest BCUT2D eigenvalue weighted by Crippen LogP contribution is -2.40. The van der Waals surface area contributed by atoms with E-state index in [9.17, 15) is 4.79 Å². The fraction of sp³-hybridized carbons (Fsp3) is 0.500. The number of rotatable bonds is 5. The SMILES string of the molecule is CCNCC1CCN(C(=O)c2csc(-c3ccc(Cl)s3)n2)CC1. The number of thiophene rings is 1. The minimum absolute atomic E-state index is 0.0528. The predicted octanol–water partition coefficient (Wildman–Crippen LogP) is 3.99. The zero-order chi connectivity index (χ0) is 16.2. The Hall–Kier alpha value is -0.950. The van der Waals surface area contributed by atoms with Crippen molar-refractivity contribution in [2.75, 3.05) is 26.2 Å². The normalized spacial score (nSPS) is 16.0. The third kappa shape index (κ3) is 4.12. The van der Waals surface area contributed by atoms with Gasteiger partial charge in [-0.15, -0.1) is 22.7 Å². The van der Waals surface area contributed by atoms with E-state index >= 15 is 0 Å². The van der Waals surface area contributed by atoms with Gasteiger partial charge in [-0.3, -0.25) is 4.79 Å². The summed E-state index contributed by atoms with van der Waals surface area (Å²) in [5.74, 6) is 0.732. The minimum Gasteiger partial charge on any atom is -0.337 e. The molecule has 124 valence electrons. The van der Waals surface area contributed by atoms with Crippen LogP contribution in [0.25, 0.3) is 9.88 Å². The van der Waals surface area contributed by atoms with Crippen molar-refractivity contribution in [3.8, 4) is 9.88 Å². The van der Waals surface area contributed by atoms with Crippen LogP contribution in [0.3, 0.4) is 0 Å². The number of thiazole rings is 1. The first-order chi connectivity index (χ1) is 11.2. The van der Waals surface area contributed by atoms with Gasteiger partial charge in [0, 0.05) is 18.5 Å². The van der Waals surface area contributed by atoms with Gasteiger partial charge in [-0.2, -0.15) is 0 Å². The van der Waals surface area contributed by atoms with Gasteiger partial charge in [0.05, 0.1) is 9.21 Å². The second-order valence-corrected chi connectivity index (χ2v) is 8.26. The fourth-order valence-corrected chi connectivity index (χ4v) is 4.67. The molecule has 1 N–H and O–H groups in total. The molecule has 0 spiro atoms. The van der Waals surface area contributed by atoms with Gasteiger partial charge in [0.2, 0.25) is 0 Å². The van der Waals surface area contributed by atoms with Gasteiger partial charge in [0.1, 0.15) is 10.7 Å². The van der Waals surface area contributed by atoms with Crippen LogP contribution in [0, 0.1) is 5.92 Å². The Balaban J connectivity index is 1.60. The smallest absolute Gasteiger partial charge is 0.273 e. The lowest BCUT2D eigenvalue weighted by Gasteiger charge is -2.31. The number of nitrogens with one attached hydrogen (secondary N) is 1. The molecule has 0 atom stereocenters. The summed E-state index contributed by atoms with van der Waals surface area (Å²) in [5.41, 5.74) is 0.555. The Morgan fingerprint density at radius 2 is 2.22 bits per heavy atom. The molecule has 3 heterocycles. The summed E-state index contributed by atoms with van der Waals surface area (Å²) < 4.78 is 0.742. The number of likely N-dealkylation sites (tertiary alicyclic amines) is 1. The number of halogens is 1. The van der Waals surface area contributed by atoms with Gasteiger partial charge in [0.25, 0.3) is 5.91 Å². The van der Waals surface area contributed by atoms with Gasteiger partial charge in [-0.1, -0.05) is 18.5 Å². The molecule has 0 saturated carbocycles. The van der Waals surface area contributed by atoms with E-state index in [1.165, 1.54) is 22.7 Å². The third-order valence-corrected chi connectivity index (χ3v) is 6.33. The zero-order valence-corrected chi connectivity index (χ0v) is 15.4. The number of nitrogens with zero attached hydrogens (tertiary/aromatic N) is 2. The molecular formula is C16H20ClN3OS2. The van der Waals surface area contributed by atoms with Gasteiger partial charge in [-0.05, 0) is 44.0 Å². The van der Waals surface area contributed by atoms with Gasteiger partial charge in [0.15, 0.2) is 0 Å². The molecular weight excluding hydrogens is 350 g/mol. The molecule has 3 rings (SSSR count). The molecule has 7 heteroatoms. The number of hydrogen-bond donors (Lipinski definition) is 1. The van der Waals surface area contributed by atoms with E-state index in [0.29, 0.717) is 11.6 Å². The Labute approximate surface area is 149 Å². The van der Waals surface area contributed by atoms with Crippen LogP contribution in [-0.2, 0) is 0 Å². The van der Waals surface area contributed by atoms with Crippen LogP contribution in [0.5, 0.6) is 0 Å². The van der Waals surface area contributed by atoms with Crippen molar-refractivity contribution in [3.05, 3.63) is 27.5 Å². The maximum absolute atomic E-state index is 12.6. The summed E-state index contributed by atoms with van der Waals surface area (Å²) in [7, 11) is 0. The highest BCUT2D eigenvalue weighted by Gasteiger charge is 2.25. The predicted molar refractivity (Wildman–Crippen MR) is 97.6 cm³/mol. The van der Waals surface area contributed by atoms with Crippen molar-refractivity contribution >= 4 is 40.2 Å². The Morgan fingerprint density at radius 3 is 2.87 bits per heavy atom. The lowest BCUT2D eigenvalue weighted by atomic mass is 9.96. The molecule has 1 aliphatic heterocycles. The average Bonchev–Trinajstić information content (AvgIpc) is 3.21. The van der Waals surface area contributed by atoms with Crippen molar-refractivity contribution in [1.82, 2.24) is 15.2 Å². The Kier molecular flexibility index (Phi) is 5.69. The van der Waals surface area contributed by atoms with Crippen molar-refractivity contribution in [2.45, 2.75) is 19.8 Å². The lowest BCUT2D eigenvalue weighted by molar-refractivity contribution is 0.0685. The van der Waals surface area contributed by atoms with E-state index in [1.54, 1.807) is 0 Å². The summed E-state index contributed by atoms with van der Waals surface area (Å²) in [4.78, 5) is 20.1. The van der Waals surface area contributed by atoms with E-state index in [0.717, 1.165) is 53.2 Å². The van der Waals surface area contributed by atoms with Crippen LogP contribution in [0.2, 0.25) is 4.34 Å². The van der Waals surface area contributed by atoms with Crippen LogP contribution in [0.4, 0.5) is 0 Å². The quantitative estimate of drug-likeness (QED) is 0.866. The van der Waals surface area contributed by atoms with Crippen molar-refractivity contribution in [1.29, 1.82) is 0 Å². The van der Waals surface area contributed by atoms with E-state index in [1.807, 2.05) is 22.4 Å². The molecule has 1 fully saturated rings. The van der Waals surface area contributed by atoms with Gasteiger partial charge in [-0.25, -0.2) is 4.98 Å². The molecule has 1 saturated heterocycles. The summed E-state index contributed by atoms with van der Waals surface area (Å²) >= 11 is 8.96. The first kappa shape index (κ1) is 16.9. The van der Waals surface area contributed by atoms with E-state index < -0.39 is 0 Å². The fourth-order valence-electron chi connectivity index (χ4n) is 2.77. The second kappa shape index (κ2) is 7.75. The maximum Gasteiger partial charge on any atom is 0.273 e. The van der Waals surface area contributed by atoms with E-state index in [2.05, 4.69) is 17.2 Å². The number of amides is 1. The first-order valence-corrected chi connectivity index (χ1v) is 9.96. The molecule has 23 heavy (non-hydrogen) atoms. The number of piperidine rings is 1. The van der Waals surface area contributed by atoms with E-state index in [-0.39, 0.29) is 5.91 Å². The molecule has 0 unspecified atom stereocenters. The zero-order valence-electron chi connectivity index (χ0n) is 13.0. The molecule has 1 amide bonds. The Morgan fingerprint density at radius 1 is 1.43 bits per heavy atom. The average molecular weight is 370 g/mol. The highest BCUT2D eigenvalue weighted by molar-refractivity contribution is 7.23. The van der Waals surface area contributed by atoms with Crippen molar-refractivity contribution in [2.24, 2.45) is 5.92 Å². The van der Waals surface area contributed by atoms with Crippen LogP contribution in [-0.4, -0.2) is 42.0 Å². The minimum atomic E-state index is 0.0528. The number of carbonyl (C=O) groups is 1. The summed E-state index contributed by atoms with van der Waals surface area (Å²) in [5, 5.41) is 6.12. The van der Waals surface area contributed by atoms with Crippen LogP contribution < -0.4 is 5.32 Å². The number of carbonyl (C=O) groups excluding carboxylic acids is 1. The van der Waals surface area contributed by atoms with Crippen LogP contribution in [0.1, 0.15) is 30.3 Å². The highest BCUT2D eigenvalue weighted by Crippen LogP contribution is 2.33. The largest absolute Gasteiger partial charge is 0.337 e. The van der Waals surface area contributed by atoms with Crippen LogP contribution in [0.15, 0.2) is 17.5 Å². The molecule has 0 bridgehead atoms. The molecule has 2 aromatic rings. The van der Waals surface area contributed by atoms with Crippen molar-refractivity contribution in [3.63, 3.8) is 0 Å². The second-order valence-electron chi connectivity index (χ2n) is 5.68. The first-order valence-electron chi connectivity index (χ1n) is 7.88. The third-order valence-electron chi connectivity index (χ3n) is 4.09. The molecule has 2 aromatic heterocycles. The number of aromatic nitrogens is 1.